The first kappa shape index (κ1) is 22.8. The van der Waals surface area contributed by atoms with Crippen molar-refractivity contribution < 1.29 is 18.7 Å². The van der Waals surface area contributed by atoms with Crippen molar-refractivity contribution in [3.05, 3.63) is 101 Å². The Kier molecular flexibility index (Phi) is 6.30. The van der Waals surface area contributed by atoms with Gasteiger partial charge in [0.1, 0.15) is 30.3 Å². The number of allylic oxidation sites excluding steroid dienone is 4. The Balaban J connectivity index is 1.39. The summed E-state index contributed by atoms with van der Waals surface area (Å²) in [4.78, 5) is 27.1. The van der Waals surface area contributed by atoms with E-state index in [0.717, 1.165) is 24.0 Å². The van der Waals surface area contributed by atoms with Crippen LogP contribution < -0.4 is 5.32 Å². The number of carbonyl (C=O) groups is 2. The van der Waals surface area contributed by atoms with Gasteiger partial charge in [0.25, 0.3) is 0 Å². The van der Waals surface area contributed by atoms with E-state index in [0.29, 0.717) is 29.0 Å². The van der Waals surface area contributed by atoms with Crippen LogP contribution in [0.1, 0.15) is 30.4 Å². The van der Waals surface area contributed by atoms with Crippen molar-refractivity contribution in [3.8, 4) is 6.07 Å². The van der Waals surface area contributed by atoms with Crippen LogP contribution in [0.5, 0.6) is 0 Å². The van der Waals surface area contributed by atoms with Crippen molar-refractivity contribution in [2.45, 2.75) is 38.0 Å². The summed E-state index contributed by atoms with van der Waals surface area (Å²) >= 11 is 0. The second-order valence-electron chi connectivity index (χ2n) is 8.86. The minimum atomic E-state index is -0.930. The van der Waals surface area contributed by atoms with Crippen LogP contribution in [-0.4, -0.2) is 35.3 Å². The quantitative estimate of drug-likeness (QED) is 0.662. The number of fused-ring (bicyclic) bond motifs is 1. The number of hydrogen-bond acceptors (Lipinski definition) is 5. The van der Waals surface area contributed by atoms with Crippen LogP contribution in [0, 0.1) is 17.1 Å². The predicted molar refractivity (Wildman–Crippen MR) is 128 cm³/mol. The first-order chi connectivity index (χ1) is 17.0. The molecule has 35 heavy (non-hydrogen) atoms. The Morgan fingerprint density at radius 2 is 1.97 bits per heavy atom. The Morgan fingerprint density at radius 1 is 1.17 bits per heavy atom. The number of rotatable bonds is 7. The van der Waals surface area contributed by atoms with Gasteiger partial charge in [-0.15, -0.1) is 0 Å². The highest BCUT2D eigenvalue weighted by molar-refractivity contribution is 5.98. The molecule has 5 rings (SSSR count). The third-order valence-corrected chi connectivity index (χ3v) is 6.29. The number of nitrogens with zero attached hydrogens (tertiary/aromatic N) is 2. The molecule has 1 saturated carbocycles. The van der Waals surface area contributed by atoms with Crippen LogP contribution in [-0.2, 0) is 20.9 Å². The number of halogens is 1. The third-order valence-electron chi connectivity index (χ3n) is 6.29. The molecule has 1 heterocycles. The molecule has 1 fully saturated rings. The van der Waals surface area contributed by atoms with Crippen LogP contribution >= 0.6 is 0 Å². The van der Waals surface area contributed by atoms with E-state index in [4.69, 9.17) is 4.74 Å². The van der Waals surface area contributed by atoms with Gasteiger partial charge in [0.2, 0.25) is 5.91 Å². The van der Waals surface area contributed by atoms with E-state index in [-0.39, 0.29) is 30.8 Å². The lowest BCUT2D eigenvalue weighted by atomic mass is 9.81. The fourth-order valence-electron chi connectivity index (χ4n) is 4.43. The van der Waals surface area contributed by atoms with Gasteiger partial charge in [0, 0.05) is 30.8 Å². The molecule has 1 aliphatic heterocycles. The molecule has 176 valence electrons. The Bertz CT molecular complexity index is 1300. The molecular weight excluding hydrogens is 445 g/mol. The summed E-state index contributed by atoms with van der Waals surface area (Å²) in [7, 11) is 0. The van der Waals surface area contributed by atoms with Crippen LogP contribution in [0.4, 0.5) is 4.39 Å². The molecule has 6 nitrogen and oxygen atoms in total. The molecule has 2 aromatic carbocycles. The summed E-state index contributed by atoms with van der Waals surface area (Å²) in [5, 5.41) is 12.8. The zero-order valence-electron chi connectivity index (χ0n) is 19.0. The summed E-state index contributed by atoms with van der Waals surface area (Å²) in [5.41, 5.74) is 4.00. The van der Waals surface area contributed by atoms with E-state index >= 15 is 0 Å². The van der Waals surface area contributed by atoms with Gasteiger partial charge in [-0.3, -0.25) is 9.59 Å². The average molecular weight is 470 g/mol. The van der Waals surface area contributed by atoms with Gasteiger partial charge in [-0.05, 0) is 53.3 Å². The molecule has 3 aliphatic rings. The number of ether oxygens (including phenoxy) is 1. The first-order valence-electron chi connectivity index (χ1n) is 11.6. The third kappa shape index (κ3) is 4.93. The number of hydrogen-bond donors (Lipinski definition) is 1. The van der Waals surface area contributed by atoms with E-state index in [2.05, 4.69) is 11.4 Å². The number of Topliss-reactive ketones (excluding diaryl/α,β-unsaturated/α-hetero) is 1. The average Bonchev–Trinajstić information content (AvgIpc) is 3.71. The molecule has 0 saturated heterocycles. The molecule has 1 N–H and O–H groups in total. The molecule has 2 aliphatic carbocycles. The fourth-order valence-corrected chi connectivity index (χ4v) is 4.43. The summed E-state index contributed by atoms with van der Waals surface area (Å²) in [6, 6.07) is 18.1. The number of benzene rings is 2. The van der Waals surface area contributed by atoms with Crippen LogP contribution in [0.2, 0.25) is 0 Å². The number of nitrogens with one attached hydrogen (secondary N) is 1. The van der Waals surface area contributed by atoms with Crippen molar-refractivity contribution >= 4 is 17.3 Å². The fraction of sp³-hybridized carbons (Fsp3) is 0.250. The topological polar surface area (TPSA) is 82.4 Å². The van der Waals surface area contributed by atoms with Gasteiger partial charge in [-0.1, -0.05) is 42.5 Å². The predicted octanol–water partition coefficient (Wildman–Crippen LogP) is 4.02. The molecule has 1 unspecified atom stereocenters. The van der Waals surface area contributed by atoms with E-state index in [1.807, 2.05) is 41.4 Å². The zero-order valence-corrected chi connectivity index (χ0v) is 19.0. The largest absolute Gasteiger partial charge is 0.356 e. The summed E-state index contributed by atoms with van der Waals surface area (Å²) < 4.78 is 19.8. The van der Waals surface area contributed by atoms with Crippen LogP contribution in [0.25, 0.3) is 5.57 Å². The normalized spacial score (nSPS) is 19.5. The highest BCUT2D eigenvalue weighted by atomic mass is 19.1. The molecule has 2 aromatic rings. The van der Waals surface area contributed by atoms with Crippen LogP contribution in [0.3, 0.4) is 0 Å². The monoisotopic (exact) mass is 469 g/mol. The molecular formula is C28H24FN3O3. The smallest absolute Gasteiger partial charge is 0.246 e. The maximum atomic E-state index is 14.1. The molecule has 0 aromatic heterocycles. The van der Waals surface area contributed by atoms with E-state index in [1.165, 1.54) is 12.1 Å². The number of nitriles is 1. The van der Waals surface area contributed by atoms with Crippen molar-refractivity contribution in [2.24, 2.45) is 0 Å². The molecule has 0 radical (unpaired) electrons. The number of amides is 1. The van der Waals surface area contributed by atoms with Gasteiger partial charge in [0.15, 0.2) is 5.78 Å². The van der Waals surface area contributed by atoms with Gasteiger partial charge >= 0.3 is 0 Å². The molecule has 0 bridgehead atoms. The molecule has 7 heteroatoms. The highest BCUT2D eigenvalue weighted by Gasteiger charge is 2.38. The van der Waals surface area contributed by atoms with Crippen molar-refractivity contribution in [1.29, 1.82) is 5.26 Å². The second kappa shape index (κ2) is 9.69. The van der Waals surface area contributed by atoms with Gasteiger partial charge in [-0.25, -0.2) is 4.39 Å². The summed E-state index contributed by atoms with van der Waals surface area (Å²) in [6.07, 6.45) is 4.63. The van der Waals surface area contributed by atoms with Gasteiger partial charge in [-0.2, -0.15) is 5.26 Å². The highest BCUT2D eigenvalue weighted by Crippen LogP contribution is 2.44. The second-order valence-corrected chi connectivity index (χ2v) is 8.86. The van der Waals surface area contributed by atoms with E-state index in [1.54, 1.807) is 18.2 Å². The van der Waals surface area contributed by atoms with Gasteiger partial charge < -0.3 is 15.0 Å². The first-order valence-corrected chi connectivity index (χ1v) is 11.6. The lowest BCUT2D eigenvalue weighted by molar-refractivity contribution is -0.133. The molecule has 0 spiro atoms. The maximum absolute atomic E-state index is 14.1. The standard InChI is InChI=1S/C28H24FN3O3/c29-21-8-4-7-19(11-21)28-23-13-26(35-17-27(34)31-15-18-5-2-1-3-6-18)25(33)12-20(23)16-32(22-9-10-22)24(28)14-30/h1-8,11,13,16,22,26H,9-10,12,15,17H2,(H,31,34). The Hall–Kier alpha value is -4.02. The van der Waals surface area contributed by atoms with E-state index in [9.17, 15) is 19.2 Å². The Morgan fingerprint density at radius 3 is 2.69 bits per heavy atom. The molecule has 1 amide bonds. The minimum absolute atomic E-state index is 0.114. The SMILES string of the molecule is N#CC1=C(c2cccc(F)c2)C2=CC(OCC(=O)NCc3ccccc3)C(=O)CC2=CN1C1CC1. The maximum Gasteiger partial charge on any atom is 0.246 e. The summed E-state index contributed by atoms with van der Waals surface area (Å²) in [5.74, 6) is -0.897. The van der Waals surface area contributed by atoms with Crippen molar-refractivity contribution in [1.82, 2.24) is 10.2 Å². The van der Waals surface area contributed by atoms with Crippen LogP contribution in [0.15, 0.2) is 83.7 Å². The lowest BCUT2D eigenvalue weighted by Gasteiger charge is -2.33. The van der Waals surface area contributed by atoms with Crippen molar-refractivity contribution in [2.75, 3.05) is 6.61 Å². The summed E-state index contributed by atoms with van der Waals surface area (Å²) in [6.45, 7) is 0.0923. The number of carbonyl (C=O) groups excluding carboxylic acids is 2. The number of ketones is 1. The van der Waals surface area contributed by atoms with Gasteiger partial charge in [0.05, 0.1) is 0 Å². The Labute approximate surface area is 203 Å². The molecule has 1 atom stereocenters. The minimum Gasteiger partial charge on any atom is -0.356 e. The van der Waals surface area contributed by atoms with E-state index < -0.39 is 11.9 Å². The van der Waals surface area contributed by atoms with Crippen molar-refractivity contribution in [3.63, 3.8) is 0 Å². The zero-order chi connectivity index (χ0) is 24.4. The lowest BCUT2D eigenvalue weighted by Crippen LogP contribution is -2.35.